The first kappa shape index (κ1) is 18.9. The minimum Gasteiger partial charge on any atom is -0.494 e. The molecular formula is C21H24N2O4. The van der Waals surface area contributed by atoms with Gasteiger partial charge in [0.1, 0.15) is 5.75 Å². The predicted octanol–water partition coefficient (Wildman–Crippen LogP) is 3.25. The highest BCUT2D eigenvalue weighted by Gasteiger charge is 2.16. The van der Waals surface area contributed by atoms with Crippen molar-refractivity contribution in [3.63, 3.8) is 0 Å². The molecule has 0 spiro atoms. The van der Waals surface area contributed by atoms with Gasteiger partial charge in [-0.3, -0.25) is 9.59 Å². The van der Waals surface area contributed by atoms with Crippen LogP contribution in [0.2, 0.25) is 0 Å². The van der Waals surface area contributed by atoms with Gasteiger partial charge in [-0.05, 0) is 68.3 Å². The average molecular weight is 368 g/mol. The van der Waals surface area contributed by atoms with E-state index in [1.54, 1.807) is 48.5 Å². The second-order valence-electron chi connectivity index (χ2n) is 6.33. The first-order valence-electron chi connectivity index (χ1n) is 9.20. The van der Waals surface area contributed by atoms with Gasteiger partial charge in [0, 0.05) is 30.0 Å². The molecule has 0 aromatic heterocycles. The quantitative estimate of drug-likeness (QED) is 0.787. The lowest BCUT2D eigenvalue weighted by Crippen LogP contribution is -2.31. The molecule has 1 saturated heterocycles. The van der Waals surface area contributed by atoms with Crippen molar-refractivity contribution < 1.29 is 19.1 Å². The Morgan fingerprint density at radius 1 is 1.04 bits per heavy atom. The van der Waals surface area contributed by atoms with Crippen LogP contribution in [-0.4, -0.2) is 37.7 Å². The molecule has 0 saturated carbocycles. The lowest BCUT2D eigenvalue weighted by Gasteiger charge is -2.11. The number of hydrogen-bond acceptors (Lipinski definition) is 4. The maximum absolute atomic E-state index is 12.3. The molecule has 0 unspecified atom stereocenters. The van der Waals surface area contributed by atoms with Gasteiger partial charge in [0.15, 0.2) is 0 Å². The lowest BCUT2D eigenvalue weighted by atomic mass is 10.1. The summed E-state index contributed by atoms with van der Waals surface area (Å²) in [4.78, 5) is 24.5. The Morgan fingerprint density at radius 3 is 2.33 bits per heavy atom. The molecule has 1 fully saturated rings. The van der Waals surface area contributed by atoms with E-state index in [9.17, 15) is 9.59 Å². The number of carbonyl (C=O) groups excluding carboxylic acids is 2. The van der Waals surface area contributed by atoms with Crippen LogP contribution in [-0.2, 0) is 4.74 Å². The molecule has 1 heterocycles. The van der Waals surface area contributed by atoms with Crippen LogP contribution in [0.5, 0.6) is 5.75 Å². The van der Waals surface area contributed by atoms with E-state index in [-0.39, 0.29) is 17.9 Å². The Balaban J connectivity index is 1.53. The zero-order valence-electron chi connectivity index (χ0n) is 15.4. The first-order valence-corrected chi connectivity index (χ1v) is 9.20. The van der Waals surface area contributed by atoms with E-state index in [2.05, 4.69) is 10.6 Å². The van der Waals surface area contributed by atoms with Crippen molar-refractivity contribution in [1.29, 1.82) is 0 Å². The lowest BCUT2D eigenvalue weighted by molar-refractivity contribution is 0.0857. The van der Waals surface area contributed by atoms with Gasteiger partial charge < -0.3 is 20.1 Å². The van der Waals surface area contributed by atoms with Crippen molar-refractivity contribution in [2.24, 2.45) is 0 Å². The highest BCUT2D eigenvalue weighted by molar-refractivity contribution is 6.04. The van der Waals surface area contributed by atoms with E-state index in [4.69, 9.17) is 9.47 Å². The molecule has 6 heteroatoms. The van der Waals surface area contributed by atoms with E-state index in [0.29, 0.717) is 30.0 Å². The second-order valence-corrected chi connectivity index (χ2v) is 6.33. The molecule has 2 N–H and O–H groups in total. The molecule has 2 amide bonds. The molecule has 0 aliphatic carbocycles. The van der Waals surface area contributed by atoms with Crippen molar-refractivity contribution in [2.45, 2.75) is 25.9 Å². The number of ether oxygens (including phenoxy) is 2. The van der Waals surface area contributed by atoms with Gasteiger partial charge in [-0.15, -0.1) is 0 Å². The SMILES string of the molecule is CCOc1ccc(C(=O)Nc2ccc(C(=O)NC[C@@H]3CCCO3)cc2)cc1. The van der Waals surface area contributed by atoms with Crippen LogP contribution in [0.3, 0.4) is 0 Å². The Labute approximate surface area is 158 Å². The van der Waals surface area contributed by atoms with E-state index in [1.165, 1.54) is 0 Å². The number of nitrogens with one attached hydrogen (secondary N) is 2. The molecule has 1 aliphatic rings. The molecule has 0 bridgehead atoms. The van der Waals surface area contributed by atoms with Gasteiger partial charge >= 0.3 is 0 Å². The molecule has 2 aromatic carbocycles. The number of hydrogen-bond donors (Lipinski definition) is 2. The third kappa shape index (κ3) is 5.31. The van der Waals surface area contributed by atoms with Crippen LogP contribution >= 0.6 is 0 Å². The summed E-state index contributed by atoms with van der Waals surface area (Å²) in [5, 5.41) is 5.70. The smallest absolute Gasteiger partial charge is 0.255 e. The maximum Gasteiger partial charge on any atom is 0.255 e. The normalized spacial score (nSPS) is 16.0. The fraction of sp³-hybridized carbons (Fsp3) is 0.333. The number of amides is 2. The van der Waals surface area contributed by atoms with Crippen molar-refractivity contribution in [2.75, 3.05) is 25.1 Å². The van der Waals surface area contributed by atoms with Crippen LogP contribution in [0.25, 0.3) is 0 Å². The Hall–Kier alpha value is -2.86. The summed E-state index contributed by atoms with van der Waals surface area (Å²) in [5.41, 5.74) is 1.72. The second kappa shape index (κ2) is 9.19. The fourth-order valence-electron chi connectivity index (χ4n) is 2.89. The summed E-state index contributed by atoms with van der Waals surface area (Å²) in [6.07, 6.45) is 2.14. The number of benzene rings is 2. The van der Waals surface area contributed by atoms with Crippen molar-refractivity contribution in [3.05, 3.63) is 59.7 Å². The first-order chi connectivity index (χ1) is 13.2. The Bertz CT molecular complexity index is 766. The molecule has 2 aromatic rings. The van der Waals surface area contributed by atoms with E-state index >= 15 is 0 Å². The number of carbonyl (C=O) groups is 2. The molecule has 1 atom stereocenters. The Kier molecular flexibility index (Phi) is 6.44. The summed E-state index contributed by atoms with van der Waals surface area (Å²) in [7, 11) is 0. The molecule has 3 rings (SSSR count). The number of anilines is 1. The fourth-order valence-corrected chi connectivity index (χ4v) is 2.89. The zero-order valence-corrected chi connectivity index (χ0v) is 15.4. The van der Waals surface area contributed by atoms with Crippen LogP contribution in [0.1, 0.15) is 40.5 Å². The summed E-state index contributed by atoms with van der Waals surface area (Å²) in [6, 6.07) is 13.8. The highest BCUT2D eigenvalue weighted by Crippen LogP contribution is 2.15. The summed E-state index contributed by atoms with van der Waals surface area (Å²) < 4.78 is 10.9. The van der Waals surface area contributed by atoms with Crippen molar-refractivity contribution in [1.82, 2.24) is 5.32 Å². The van der Waals surface area contributed by atoms with Gasteiger partial charge in [-0.2, -0.15) is 0 Å². The summed E-state index contributed by atoms with van der Waals surface area (Å²) in [6.45, 7) is 3.78. The van der Waals surface area contributed by atoms with Gasteiger partial charge in [0.25, 0.3) is 11.8 Å². The van der Waals surface area contributed by atoms with Gasteiger partial charge in [-0.25, -0.2) is 0 Å². The largest absolute Gasteiger partial charge is 0.494 e. The molecule has 0 radical (unpaired) electrons. The standard InChI is InChI=1S/C21H24N2O4/c1-2-26-18-11-7-16(8-12-18)21(25)23-17-9-5-15(6-10-17)20(24)22-14-19-4-3-13-27-19/h5-12,19H,2-4,13-14H2,1H3,(H,22,24)(H,23,25)/t19-/m0/s1. The molecule has 27 heavy (non-hydrogen) atoms. The third-order valence-corrected chi connectivity index (χ3v) is 4.35. The van der Waals surface area contributed by atoms with Gasteiger partial charge in [-0.1, -0.05) is 0 Å². The minimum atomic E-state index is -0.214. The molecular weight excluding hydrogens is 344 g/mol. The highest BCUT2D eigenvalue weighted by atomic mass is 16.5. The molecule has 6 nitrogen and oxygen atoms in total. The van der Waals surface area contributed by atoms with Crippen LogP contribution < -0.4 is 15.4 Å². The maximum atomic E-state index is 12.3. The van der Waals surface area contributed by atoms with E-state index in [1.807, 2.05) is 6.92 Å². The monoisotopic (exact) mass is 368 g/mol. The topological polar surface area (TPSA) is 76.7 Å². The number of rotatable bonds is 7. The molecule has 1 aliphatic heterocycles. The van der Waals surface area contributed by atoms with E-state index in [0.717, 1.165) is 25.2 Å². The van der Waals surface area contributed by atoms with Gasteiger partial charge in [0.05, 0.1) is 12.7 Å². The van der Waals surface area contributed by atoms with Crippen LogP contribution in [0.15, 0.2) is 48.5 Å². The third-order valence-electron chi connectivity index (χ3n) is 4.35. The molecule has 142 valence electrons. The van der Waals surface area contributed by atoms with Crippen molar-refractivity contribution in [3.8, 4) is 5.75 Å². The van der Waals surface area contributed by atoms with Crippen LogP contribution in [0.4, 0.5) is 5.69 Å². The van der Waals surface area contributed by atoms with E-state index < -0.39 is 0 Å². The van der Waals surface area contributed by atoms with Crippen LogP contribution in [0, 0.1) is 0 Å². The minimum absolute atomic E-state index is 0.113. The summed E-state index contributed by atoms with van der Waals surface area (Å²) >= 11 is 0. The summed E-state index contributed by atoms with van der Waals surface area (Å²) in [5.74, 6) is 0.371. The van der Waals surface area contributed by atoms with Crippen molar-refractivity contribution >= 4 is 17.5 Å². The van der Waals surface area contributed by atoms with Gasteiger partial charge in [0.2, 0.25) is 0 Å². The predicted molar refractivity (Wildman–Crippen MR) is 103 cm³/mol. The average Bonchev–Trinajstić information content (AvgIpc) is 3.21. The Morgan fingerprint density at radius 2 is 1.70 bits per heavy atom. The zero-order chi connectivity index (χ0) is 19.1.